The molecule has 1 saturated heterocycles. The molecule has 34 heavy (non-hydrogen) atoms. The summed E-state index contributed by atoms with van der Waals surface area (Å²) in [5, 5.41) is 6.46. The molecule has 1 unspecified atom stereocenters. The van der Waals surface area contributed by atoms with Gasteiger partial charge in [-0.3, -0.25) is 4.79 Å². The molecule has 8 heteroatoms. The van der Waals surface area contributed by atoms with E-state index in [2.05, 4.69) is 32.7 Å². The number of piperidine rings is 1. The first-order valence-corrected chi connectivity index (χ1v) is 11.4. The van der Waals surface area contributed by atoms with Gasteiger partial charge in [0.1, 0.15) is 5.82 Å². The number of benzene rings is 2. The molecule has 0 spiro atoms. The van der Waals surface area contributed by atoms with E-state index in [4.69, 9.17) is 0 Å². The van der Waals surface area contributed by atoms with E-state index >= 15 is 0 Å². The minimum atomic E-state index is -1.45. The Kier molecular flexibility index (Phi) is 6.24. The smallest absolute Gasteiger partial charge is 0.220 e. The lowest BCUT2D eigenvalue weighted by Gasteiger charge is -2.24. The predicted octanol–water partition coefficient (Wildman–Crippen LogP) is 4.15. The predicted molar refractivity (Wildman–Crippen MR) is 123 cm³/mol. The lowest BCUT2D eigenvalue weighted by molar-refractivity contribution is -0.122. The summed E-state index contributed by atoms with van der Waals surface area (Å²) in [6.45, 7) is 2.16. The van der Waals surface area contributed by atoms with Crippen LogP contribution in [0.2, 0.25) is 0 Å². The van der Waals surface area contributed by atoms with Crippen molar-refractivity contribution >= 4 is 17.4 Å². The quantitative estimate of drug-likeness (QED) is 0.536. The number of carbonyl (C=O) groups is 1. The molecule has 3 aromatic rings. The highest BCUT2D eigenvalue weighted by Gasteiger charge is 2.25. The molecule has 1 fully saturated rings. The van der Waals surface area contributed by atoms with Gasteiger partial charge in [-0.15, -0.1) is 0 Å². The Hall–Kier alpha value is -3.39. The van der Waals surface area contributed by atoms with Gasteiger partial charge in [0.15, 0.2) is 17.5 Å². The van der Waals surface area contributed by atoms with Crippen molar-refractivity contribution in [1.82, 2.24) is 15.6 Å². The molecule has 2 aliphatic rings. The molecule has 2 N–H and O–H groups in total. The van der Waals surface area contributed by atoms with Gasteiger partial charge in [0.25, 0.3) is 0 Å². The first-order chi connectivity index (χ1) is 16.5. The molecule has 1 aromatic heterocycles. The number of anilines is 2. The Balaban J connectivity index is 1.32. The fraction of sp³-hybridized carbons (Fsp3) is 0.308. The first-order valence-electron chi connectivity index (χ1n) is 11.4. The van der Waals surface area contributed by atoms with Crippen molar-refractivity contribution in [2.45, 2.75) is 38.3 Å². The van der Waals surface area contributed by atoms with Crippen LogP contribution in [0, 0.1) is 17.5 Å². The number of carbonyl (C=O) groups excluding carboxylic acids is 1. The molecule has 0 bridgehead atoms. The minimum absolute atomic E-state index is 0.110. The molecule has 176 valence electrons. The SMILES string of the molecule is O=C1CCC(NCc2cccc3c2CCN3c2cc(Cc3cc(F)c(F)c(F)c3)ccn2)CN1. The summed E-state index contributed by atoms with van der Waals surface area (Å²) >= 11 is 0. The zero-order chi connectivity index (χ0) is 23.7. The van der Waals surface area contributed by atoms with Crippen molar-refractivity contribution in [3.8, 4) is 0 Å². The Morgan fingerprint density at radius 3 is 2.65 bits per heavy atom. The maximum atomic E-state index is 13.6. The van der Waals surface area contributed by atoms with E-state index < -0.39 is 17.5 Å². The number of amides is 1. The number of hydrogen-bond donors (Lipinski definition) is 2. The molecule has 1 amide bonds. The Labute approximate surface area is 196 Å². The maximum Gasteiger partial charge on any atom is 0.220 e. The van der Waals surface area contributed by atoms with E-state index in [-0.39, 0.29) is 18.4 Å². The number of nitrogens with zero attached hydrogens (tertiary/aromatic N) is 2. The minimum Gasteiger partial charge on any atom is -0.355 e. The van der Waals surface area contributed by atoms with E-state index in [0.29, 0.717) is 18.5 Å². The summed E-state index contributed by atoms with van der Waals surface area (Å²) in [7, 11) is 0. The van der Waals surface area contributed by atoms with Gasteiger partial charge in [-0.1, -0.05) is 12.1 Å². The van der Waals surface area contributed by atoms with Crippen LogP contribution in [-0.4, -0.2) is 30.0 Å². The number of hydrogen-bond acceptors (Lipinski definition) is 4. The number of pyridine rings is 1. The summed E-state index contributed by atoms with van der Waals surface area (Å²) in [4.78, 5) is 18.1. The van der Waals surface area contributed by atoms with Gasteiger partial charge in [0.05, 0.1) is 0 Å². The van der Waals surface area contributed by atoms with Crippen LogP contribution in [-0.2, 0) is 24.2 Å². The summed E-state index contributed by atoms with van der Waals surface area (Å²) in [6, 6.07) is 12.3. The zero-order valence-corrected chi connectivity index (χ0v) is 18.6. The van der Waals surface area contributed by atoms with Crippen LogP contribution in [0.5, 0.6) is 0 Å². The Morgan fingerprint density at radius 1 is 1.06 bits per heavy atom. The third-order valence-corrected chi connectivity index (χ3v) is 6.51. The molecule has 5 rings (SSSR count). The van der Waals surface area contributed by atoms with E-state index in [1.165, 1.54) is 11.1 Å². The van der Waals surface area contributed by atoms with Gasteiger partial charge in [-0.25, -0.2) is 18.2 Å². The second-order valence-corrected chi connectivity index (χ2v) is 8.81. The molecule has 0 saturated carbocycles. The second-order valence-electron chi connectivity index (χ2n) is 8.81. The lowest BCUT2D eigenvalue weighted by Crippen LogP contribution is -2.45. The highest BCUT2D eigenvalue weighted by atomic mass is 19.2. The van der Waals surface area contributed by atoms with E-state index in [9.17, 15) is 18.0 Å². The molecule has 1 atom stereocenters. The third-order valence-electron chi connectivity index (χ3n) is 6.51. The molecule has 0 radical (unpaired) electrons. The number of rotatable bonds is 6. The van der Waals surface area contributed by atoms with Crippen LogP contribution in [0.3, 0.4) is 0 Å². The van der Waals surface area contributed by atoms with Gasteiger partial charge < -0.3 is 15.5 Å². The lowest BCUT2D eigenvalue weighted by atomic mass is 10.0. The summed E-state index contributed by atoms with van der Waals surface area (Å²) in [5.41, 5.74) is 4.79. The molecule has 0 aliphatic carbocycles. The van der Waals surface area contributed by atoms with Crippen LogP contribution in [0.4, 0.5) is 24.7 Å². The molecular formula is C26H25F3N4O. The maximum absolute atomic E-state index is 13.6. The summed E-state index contributed by atoms with van der Waals surface area (Å²) in [5.74, 6) is -2.95. The average Bonchev–Trinajstić information content (AvgIpc) is 3.27. The molecule has 3 heterocycles. The first kappa shape index (κ1) is 22.4. The molecule has 5 nitrogen and oxygen atoms in total. The van der Waals surface area contributed by atoms with Gasteiger partial charge in [-0.2, -0.15) is 0 Å². The van der Waals surface area contributed by atoms with E-state index in [1.807, 2.05) is 12.1 Å². The normalized spacial score (nSPS) is 17.6. The fourth-order valence-electron chi connectivity index (χ4n) is 4.74. The molecule has 2 aliphatic heterocycles. The van der Waals surface area contributed by atoms with Gasteiger partial charge >= 0.3 is 0 Å². The topological polar surface area (TPSA) is 57.3 Å². The fourth-order valence-corrected chi connectivity index (χ4v) is 4.74. The van der Waals surface area contributed by atoms with Gasteiger partial charge in [-0.05, 0) is 71.8 Å². The van der Waals surface area contributed by atoms with Crippen molar-refractivity contribution in [3.05, 3.63) is 88.4 Å². The van der Waals surface area contributed by atoms with Crippen molar-refractivity contribution in [3.63, 3.8) is 0 Å². The average molecular weight is 467 g/mol. The van der Waals surface area contributed by atoms with Crippen LogP contribution in [0.1, 0.15) is 35.1 Å². The van der Waals surface area contributed by atoms with Crippen molar-refractivity contribution in [2.75, 3.05) is 18.0 Å². The van der Waals surface area contributed by atoms with Gasteiger partial charge in [0, 0.05) is 44.0 Å². The summed E-state index contributed by atoms with van der Waals surface area (Å²) < 4.78 is 40.5. The van der Waals surface area contributed by atoms with Crippen LogP contribution in [0.25, 0.3) is 0 Å². The van der Waals surface area contributed by atoms with Crippen molar-refractivity contribution in [1.29, 1.82) is 0 Å². The molecule has 2 aromatic carbocycles. The molecular weight excluding hydrogens is 441 g/mol. The second kappa shape index (κ2) is 9.46. The number of nitrogens with one attached hydrogen (secondary N) is 2. The third kappa shape index (κ3) is 4.63. The van der Waals surface area contributed by atoms with Crippen LogP contribution in [0.15, 0.2) is 48.7 Å². The number of aromatic nitrogens is 1. The Bertz CT molecular complexity index is 1200. The largest absolute Gasteiger partial charge is 0.355 e. The van der Waals surface area contributed by atoms with E-state index in [1.54, 1.807) is 12.3 Å². The monoisotopic (exact) mass is 466 g/mol. The Morgan fingerprint density at radius 2 is 1.88 bits per heavy atom. The van der Waals surface area contributed by atoms with Crippen LogP contribution >= 0.6 is 0 Å². The number of fused-ring (bicyclic) bond motifs is 1. The zero-order valence-electron chi connectivity index (χ0n) is 18.6. The van der Waals surface area contributed by atoms with Crippen LogP contribution < -0.4 is 15.5 Å². The van der Waals surface area contributed by atoms with Crippen molar-refractivity contribution < 1.29 is 18.0 Å². The van der Waals surface area contributed by atoms with Gasteiger partial charge in [0.2, 0.25) is 5.91 Å². The highest BCUT2D eigenvalue weighted by Crippen LogP contribution is 2.36. The van der Waals surface area contributed by atoms with Crippen molar-refractivity contribution in [2.24, 2.45) is 0 Å². The summed E-state index contributed by atoms with van der Waals surface area (Å²) in [6.07, 6.45) is 4.23. The highest BCUT2D eigenvalue weighted by molar-refractivity contribution is 5.76. The van der Waals surface area contributed by atoms with E-state index in [0.717, 1.165) is 55.1 Å². The number of halogens is 3. The standard InChI is InChI=1S/C26H25F3N4O/c27-21-11-17(12-22(28)26(21)29)10-16-6-8-30-24(13-16)33-9-7-20-18(2-1-3-23(20)33)14-31-19-4-5-25(34)32-15-19/h1-3,6,8,11-13,19,31H,4-5,7,9-10,14-15H2,(H,32,34).